The zero-order valence-corrected chi connectivity index (χ0v) is 18.1. The molecule has 0 aliphatic carbocycles. The second kappa shape index (κ2) is 10.9. The van der Waals surface area contributed by atoms with E-state index in [1.807, 2.05) is 60.2 Å². The molecule has 0 radical (unpaired) electrons. The number of thioether (sulfide) groups is 1. The number of hydrogen-bond acceptors (Lipinski definition) is 7. The van der Waals surface area contributed by atoms with Crippen LogP contribution in [0.5, 0.6) is 11.5 Å². The molecule has 0 fully saturated rings. The first-order valence-electron chi connectivity index (χ1n) is 9.43. The van der Waals surface area contributed by atoms with Crippen molar-refractivity contribution in [3.63, 3.8) is 0 Å². The molecular formula is C20H24N4O3S2. The van der Waals surface area contributed by atoms with Crippen molar-refractivity contribution in [1.82, 2.24) is 20.1 Å². The van der Waals surface area contributed by atoms with E-state index in [2.05, 4.69) is 15.5 Å². The van der Waals surface area contributed by atoms with Crippen LogP contribution in [0.15, 0.2) is 46.9 Å². The molecule has 1 amide bonds. The number of amides is 1. The molecule has 0 atom stereocenters. The van der Waals surface area contributed by atoms with Crippen LogP contribution in [-0.4, -0.2) is 46.2 Å². The maximum atomic E-state index is 12.1. The van der Waals surface area contributed by atoms with E-state index >= 15 is 0 Å². The highest BCUT2D eigenvalue weighted by Crippen LogP contribution is 2.27. The van der Waals surface area contributed by atoms with Gasteiger partial charge in [-0.15, -0.1) is 21.5 Å². The second-order valence-electron chi connectivity index (χ2n) is 5.92. The highest BCUT2D eigenvalue weighted by Gasteiger charge is 2.15. The number of thiophene rings is 1. The van der Waals surface area contributed by atoms with Crippen LogP contribution in [0.3, 0.4) is 0 Å². The zero-order valence-electron chi connectivity index (χ0n) is 16.5. The van der Waals surface area contributed by atoms with Crippen LogP contribution >= 0.6 is 23.1 Å². The van der Waals surface area contributed by atoms with Gasteiger partial charge in [-0.05, 0) is 49.6 Å². The Hall–Kier alpha value is -2.52. The highest BCUT2D eigenvalue weighted by molar-refractivity contribution is 7.99. The molecule has 154 valence electrons. The normalized spacial score (nSPS) is 10.7. The largest absolute Gasteiger partial charge is 0.494 e. The van der Waals surface area contributed by atoms with E-state index in [4.69, 9.17) is 9.47 Å². The summed E-state index contributed by atoms with van der Waals surface area (Å²) in [5.41, 5.74) is 0. The smallest absolute Gasteiger partial charge is 0.230 e. The maximum Gasteiger partial charge on any atom is 0.230 e. The van der Waals surface area contributed by atoms with Crippen molar-refractivity contribution in [2.75, 3.05) is 25.5 Å². The van der Waals surface area contributed by atoms with Gasteiger partial charge in [-0.25, -0.2) is 0 Å². The number of nitrogens with zero attached hydrogens (tertiary/aromatic N) is 3. The van der Waals surface area contributed by atoms with E-state index < -0.39 is 0 Å². The lowest BCUT2D eigenvalue weighted by molar-refractivity contribution is -0.118. The Labute approximate surface area is 178 Å². The number of rotatable bonds is 11. The van der Waals surface area contributed by atoms with Crippen molar-refractivity contribution in [2.45, 2.75) is 25.5 Å². The average molecular weight is 433 g/mol. The number of carbonyl (C=O) groups excluding carboxylic acids is 1. The molecule has 0 bridgehead atoms. The molecule has 1 N–H and O–H groups in total. The van der Waals surface area contributed by atoms with Gasteiger partial charge < -0.3 is 19.4 Å². The Morgan fingerprint density at radius 1 is 1.14 bits per heavy atom. The first-order valence-corrected chi connectivity index (χ1v) is 11.3. The minimum atomic E-state index is -0.0615. The summed E-state index contributed by atoms with van der Waals surface area (Å²) in [5.74, 6) is 2.62. The molecule has 9 heteroatoms. The van der Waals surface area contributed by atoms with Crippen LogP contribution in [0.2, 0.25) is 0 Å². The minimum absolute atomic E-state index is 0.0615. The summed E-state index contributed by atoms with van der Waals surface area (Å²) in [6, 6.07) is 11.4. The lowest BCUT2D eigenvalue weighted by Gasteiger charge is -2.09. The molecule has 3 rings (SSSR count). The molecule has 7 nitrogen and oxygen atoms in total. The second-order valence-corrected chi connectivity index (χ2v) is 7.81. The van der Waals surface area contributed by atoms with Crippen molar-refractivity contribution >= 4 is 29.0 Å². The van der Waals surface area contributed by atoms with E-state index in [1.54, 1.807) is 11.3 Å². The Balaban J connectivity index is 1.40. The summed E-state index contributed by atoms with van der Waals surface area (Å²) < 4.78 is 13.1. The van der Waals surface area contributed by atoms with Gasteiger partial charge in [0.15, 0.2) is 11.0 Å². The fourth-order valence-corrected chi connectivity index (χ4v) is 4.16. The van der Waals surface area contributed by atoms with Gasteiger partial charge in [0.05, 0.1) is 23.8 Å². The molecule has 0 spiro atoms. The van der Waals surface area contributed by atoms with E-state index in [-0.39, 0.29) is 11.7 Å². The van der Waals surface area contributed by atoms with Crippen LogP contribution in [0.1, 0.15) is 13.8 Å². The Morgan fingerprint density at radius 2 is 1.90 bits per heavy atom. The third-order valence-electron chi connectivity index (χ3n) is 3.93. The fourth-order valence-electron chi connectivity index (χ4n) is 2.61. The van der Waals surface area contributed by atoms with Gasteiger partial charge in [-0.3, -0.25) is 4.79 Å². The van der Waals surface area contributed by atoms with Gasteiger partial charge in [-0.1, -0.05) is 17.8 Å². The van der Waals surface area contributed by atoms with Crippen LogP contribution in [0, 0.1) is 0 Å². The molecule has 0 saturated heterocycles. The maximum absolute atomic E-state index is 12.1. The minimum Gasteiger partial charge on any atom is -0.494 e. The number of benzene rings is 1. The third kappa shape index (κ3) is 5.98. The highest BCUT2D eigenvalue weighted by atomic mass is 32.2. The SMILES string of the molecule is CCOc1ccc(OCCNC(=O)CSc2nnc(-c3cccs3)n2CC)cc1. The Bertz CT molecular complexity index is 895. The predicted octanol–water partition coefficient (Wildman–Crippen LogP) is 3.71. The van der Waals surface area contributed by atoms with E-state index in [0.29, 0.717) is 19.8 Å². The summed E-state index contributed by atoms with van der Waals surface area (Å²) >= 11 is 3.01. The summed E-state index contributed by atoms with van der Waals surface area (Å²) in [4.78, 5) is 13.2. The summed E-state index contributed by atoms with van der Waals surface area (Å²) in [6.07, 6.45) is 0. The molecular weight excluding hydrogens is 408 g/mol. The molecule has 2 heterocycles. The van der Waals surface area contributed by atoms with E-state index in [0.717, 1.165) is 33.9 Å². The molecule has 29 heavy (non-hydrogen) atoms. The van der Waals surface area contributed by atoms with Gasteiger partial charge >= 0.3 is 0 Å². The Kier molecular flexibility index (Phi) is 7.94. The van der Waals surface area contributed by atoms with Gasteiger partial charge in [-0.2, -0.15) is 0 Å². The summed E-state index contributed by atoms with van der Waals surface area (Å²) in [5, 5.41) is 14.1. The van der Waals surface area contributed by atoms with Crippen molar-refractivity contribution in [3.8, 4) is 22.2 Å². The molecule has 2 aromatic heterocycles. The van der Waals surface area contributed by atoms with Gasteiger partial charge in [0.1, 0.15) is 18.1 Å². The van der Waals surface area contributed by atoms with Gasteiger partial charge in [0.25, 0.3) is 0 Å². The van der Waals surface area contributed by atoms with Crippen molar-refractivity contribution < 1.29 is 14.3 Å². The quantitative estimate of drug-likeness (QED) is 0.368. The first-order chi connectivity index (χ1) is 14.2. The van der Waals surface area contributed by atoms with E-state index in [9.17, 15) is 4.79 Å². The van der Waals surface area contributed by atoms with Crippen molar-refractivity contribution in [3.05, 3.63) is 41.8 Å². The Morgan fingerprint density at radius 3 is 2.55 bits per heavy atom. The molecule has 0 aliphatic heterocycles. The number of nitrogens with one attached hydrogen (secondary N) is 1. The van der Waals surface area contributed by atoms with Crippen molar-refractivity contribution in [2.24, 2.45) is 0 Å². The molecule has 0 unspecified atom stereocenters. The van der Waals surface area contributed by atoms with Gasteiger partial charge in [0.2, 0.25) is 5.91 Å². The number of hydrogen-bond donors (Lipinski definition) is 1. The predicted molar refractivity (Wildman–Crippen MR) is 116 cm³/mol. The summed E-state index contributed by atoms with van der Waals surface area (Å²) in [6.45, 7) is 6.21. The third-order valence-corrected chi connectivity index (χ3v) is 5.77. The topological polar surface area (TPSA) is 78.3 Å². The first kappa shape index (κ1) is 21.2. The lowest BCUT2D eigenvalue weighted by Crippen LogP contribution is -2.29. The van der Waals surface area contributed by atoms with E-state index in [1.165, 1.54) is 11.8 Å². The monoisotopic (exact) mass is 432 g/mol. The molecule has 0 saturated carbocycles. The molecule has 3 aromatic rings. The van der Waals surface area contributed by atoms with Crippen molar-refractivity contribution in [1.29, 1.82) is 0 Å². The van der Waals surface area contributed by atoms with Crippen LogP contribution in [-0.2, 0) is 11.3 Å². The van der Waals surface area contributed by atoms with Crippen LogP contribution < -0.4 is 14.8 Å². The van der Waals surface area contributed by atoms with Crippen LogP contribution in [0.25, 0.3) is 10.7 Å². The summed E-state index contributed by atoms with van der Waals surface area (Å²) in [7, 11) is 0. The number of carbonyl (C=O) groups is 1. The van der Waals surface area contributed by atoms with Gasteiger partial charge in [0, 0.05) is 6.54 Å². The number of aromatic nitrogens is 3. The average Bonchev–Trinajstić information content (AvgIpc) is 3.40. The van der Waals surface area contributed by atoms with Crippen LogP contribution in [0.4, 0.5) is 0 Å². The fraction of sp³-hybridized carbons (Fsp3) is 0.350. The zero-order chi connectivity index (χ0) is 20.5. The number of ether oxygens (including phenoxy) is 2. The lowest BCUT2D eigenvalue weighted by atomic mass is 10.3. The molecule has 0 aliphatic rings. The standard InChI is InChI=1S/C20H24N4O3S2/c1-3-24-19(17-6-5-13-28-17)22-23-20(24)29-14-18(25)21-11-12-27-16-9-7-15(8-10-16)26-4-2/h5-10,13H,3-4,11-12,14H2,1-2H3,(H,21,25). The molecule has 1 aromatic carbocycles.